The average Bonchev–Trinajstić information content (AvgIpc) is 3.18. The predicted octanol–water partition coefficient (Wildman–Crippen LogP) is 2.64. The zero-order valence-electron chi connectivity index (χ0n) is 12.1. The van der Waals surface area contributed by atoms with Gasteiger partial charge in [-0.3, -0.25) is 4.79 Å². The van der Waals surface area contributed by atoms with Crippen LogP contribution >= 0.6 is 27.3 Å². The smallest absolute Gasteiger partial charge is 0.214 e. The summed E-state index contributed by atoms with van der Waals surface area (Å²) in [6.45, 7) is 1.72. The predicted molar refractivity (Wildman–Crippen MR) is 91.3 cm³/mol. The van der Waals surface area contributed by atoms with Gasteiger partial charge in [0.25, 0.3) is 0 Å². The number of fused-ring (bicyclic) bond motifs is 1. The van der Waals surface area contributed by atoms with E-state index in [1.54, 1.807) is 10.7 Å². The summed E-state index contributed by atoms with van der Waals surface area (Å²) in [6, 6.07) is 9.26. The normalized spacial score (nSPS) is 18.5. The minimum absolute atomic E-state index is 0.0119. The van der Waals surface area contributed by atoms with Gasteiger partial charge in [-0.05, 0) is 15.9 Å². The molecule has 0 spiro atoms. The summed E-state index contributed by atoms with van der Waals surface area (Å²) in [5.41, 5.74) is 0.677. The maximum Gasteiger partial charge on any atom is 0.214 e. The molecule has 0 bridgehead atoms. The maximum absolute atomic E-state index is 12.6. The Morgan fingerprint density at radius 3 is 2.96 bits per heavy atom. The molecule has 0 amide bonds. The van der Waals surface area contributed by atoms with Gasteiger partial charge in [0, 0.05) is 12.1 Å². The molecule has 1 atom stereocenters. The molecule has 3 aromatic rings. The first-order valence-electron chi connectivity index (χ1n) is 7.18. The lowest BCUT2D eigenvalue weighted by Gasteiger charge is -2.31. The molecule has 1 fully saturated rings. The van der Waals surface area contributed by atoms with E-state index in [4.69, 9.17) is 4.74 Å². The molecule has 0 N–H and O–H groups in total. The second-order valence-electron chi connectivity index (χ2n) is 5.20. The first-order chi connectivity index (χ1) is 11.2. The molecule has 2 aromatic heterocycles. The Morgan fingerprint density at radius 1 is 1.35 bits per heavy atom. The van der Waals surface area contributed by atoms with E-state index in [0.717, 1.165) is 14.7 Å². The number of imidazole rings is 1. The minimum Gasteiger partial charge on any atom is -0.366 e. The van der Waals surface area contributed by atoms with E-state index in [1.807, 2.05) is 30.3 Å². The molecule has 6 nitrogen and oxygen atoms in total. The van der Waals surface area contributed by atoms with Crippen molar-refractivity contribution in [3.05, 3.63) is 46.7 Å². The van der Waals surface area contributed by atoms with Crippen LogP contribution in [0.4, 0.5) is 5.13 Å². The van der Waals surface area contributed by atoms with Crippen molar-refractivity contribution >= 4 is 43.1 Å². The van der Waals surface area contributed by atoms with Crippen LogP contribution in [-0.2, 0) is 4.74 Å². The van der Waals surface area contributed by atoms with Crippen molar-refractivity contribution in [1.82, 2.24) is 14.6 Å². The molecule has 0 radical (unpaired) electrons. The number of carbonyl (C=O) groups is 1. The number of rotatable bonds is 3. The molecule has 0 aliphatic carbocycles. The van der Waals surface area contributed by atoms with E-state index < -0.39 is 6.10 Å². The molecular formula is C15H13BrN4O2S. The quantitative estimate of drug-likeness (QED) is 0.641. The topological polar surface area (TPSA) is 59.7 Å². The fourth-order valence-corrected chi connectivity index (χ4v) is 3.93. The van der Waals surface area contributed by atoms with E-state index in [-0.39, 0.29) is 5.78 Å². The van der Waals surface area contributed by atoms with Crippen LogP contribution in [-0.4, -0.2) is 46.2 Å². The number of ketones is 1. The Labute approximate surface area is 144 Å². The van der Waals surface area contributed by atoms with Crippen LogP contribution in [0.25, 0.3) is 4.96 Å². The Balaban J connectivity index is 1.55. The number of halogens is 1. The standard InChI is InChI=1S/C15H13BrN4O2S/c16-12-8-17-14-20(12)18-15(23-14)19-6-7-22-11(9-19)13(21)10-4-2-1-3-5-10/h1-5,8,11H,6-7,9H2. The molecule has 1 aromatic carbocycles. The lowest BCUT2D eigenvalue weighted by molar-refractivity contribution is 0.0341. The summed E-state index contributed by atoms with van der Waals surface area (Å²) in [5, 5.41) is 5.40. The average molecular weight is 393 g/mol. The molecule has 118 valence electrons. The van der Waals surface area contributed by atoms with Gasteiger partial charge in [0.2, 0.25) is 10.1 Å². The van der Waals surface area contributed by atoms with Crippen LogP contribution in [0.1, 0.15) is 10.4 Å². The summed E-state index contributed by atoms with van der Waals surface area (Å²) >= 11 is 4.92. The Morgan fingerprint density at radius 2 is 2.17 bits per heavy atom. The van der Waals surface area contributed by atoms with Gasteiger partial charge in [-0.25, -0.2) is 4.98 Å². The Kier molecular flexibility index (Phi) is 3.88. The summed E-state index contributed by atoms with van der Waals surface area (Å²) in [4.78, 5) is 19.7. The van der Waals surface area contributed by atoms with Gasteiger partial charge in [-0.15, -0.1) is 5.10 Å². The summed E-state index contributed by atoms with van der Waals surface area (Å²) in [5.74, 6) is 0.0119. The van der Waals surface area contributed by atoms with Crippen molar-refractivity contribution in [3.63, 3.8) is 0 Å². The number of carbonyl (C=O) groups excluding carboxylic acids is 1. The molecular weight excluding hydrogens is 380 g/mol. The van der Waals surface area contributed by atoms with Crippen molar-refractivity contribution in [3.8, 4) is 0 Å². The fraction of sp³-hybridized carbons (Fsp3) is 0.267. The van der Waals surface area contributed by atoms with Gasteiger partial charge in [0.05, 0.1) is 19.3 Å². The Bertz CT molecular complexity index is 848. The van der Waals surface area contributed by atoms with Crippen LogP contribution in [0.2, 0.25) is 0 Å². The number of Topliss-reactive ketones (excluding diaryl/α,β-unsaturated/α-hetero) is 1. The van der Waals surface area contributed by atoms with Crippen LogP contribution in [0.5, 0.6) is 0 Å². The molecule has 4 rings (SSSR count). The number of hydrogen-bond donors (Lipinski definition) is 0. The zero-order valence-corrected chi connectivity index (χ0v) is 14.5. The molecule has 1 aliphatic rings. The number of nitrogens with zero attached hydrogens (tertiary/aromatic N) is 4. The number of morpholine rings is 1. The maximum atomic E-state index is 12.6. The number of benzene rings is 1. The highest BCUT2D eigenvalue weighted by Gasteiger charge is 2.29. The third-order valence-electron chi connectivity index (χ3n) is 3.72. The second kappa shape index (κ2) is 6.03. The van der Waals surface area contributed by atoms with Gasteiger partial charge in [-0.1, -0.05) is 41.7 Å². The summed E-state index contributed by atoms with van der Waals surface area (Å²) in [7, 11) is 0. The van der Waals surface area contributed by atoms with Crippen molar-refractivity contribution in [2.75, 3.05) is 24.6 Å². The molecule has 1 aliphatic heterocycles. The van der Waals surface area contributed by atoms with Crippen LogP contribution in [0, 0.1) is 0 Å². The lowest BCUT2D eigenvalue weighted by Crippen LogP contribution is -2.46. The van der Waals surface area contributed by atoms with Gasteiger partial charge in [0.15, 0.2) is 5.78 Å². The second-order valence-corrected chi connectivity index (χ2v) is 6.94. The van der Waals surface area contributed by atoms with E-state index in [2.05, 4.69) is 30.9 Å². The van der Waals surface area contributed by atoms with Gasteiger partial charge in [-0.2, -0.15) is 4.52 Å². The minimum atomic E-state index is -0.467. The highest BCUT2D eigenvalue weighted by molar-refractivity contribution is 9.10. The SMILES string of the molecule is O=C(c1ccccc1)C1CN(c2nn3c(Br)cnc3s2)CCO1. The third-order valence-corrected chi connectivity index (χ3v) is 5.24. The molecule has 23 heavy (non-hydrogen) atoms. The molecule has 1 unspecified atom stereocenters. The van der Waals surface area contributed by atoms with E-state index in [1.165, 1.54) is 11.3 Å². The highest BCUT2D eigenvalue weighted by atomic mass is 79.9. The lowest BCUT2D eigenvalue weighted by atomic mass is 10.1. The third kappa shape index (κ3) is 2.77. The van der Waals surface area contributed by atoms with Crippen molar-refractivity contribution in [2.24, 2.45) is 0 Å². The van der Waals surface area contributed by atoms with E-state index in [0.29, 0.717) is 25.3 Å². The van der Waals surface area contributed by atoms with Crippen LogP contribution in [0.3, 0.4) is 0 Å². The van der Waals surface area contributed by atoms with E-state index in [9.17, 15) is 4.79 Å². The monoisotopic (exact) mass is 392 g/mol. The van der Waals surface area contributed by atoms with E-state index >= 15 is 0 Å². The summed E-state index contributed by atoms with van der Waals surface area (Å²) in [6.07, 6.45) is 1.26. The van der Waals surface area contributed by atoms with Gasteiger partial charge >= 0.3 is 0 Å². The van der Waals surface area contributed by atoms with Crippen molar-refractivity contribution < 1.29 is 9.53 Å². The molecule has 0 saturated carbocycles. The van der Waals surface area contributed by atoms with Gasteiger partial charge in [0.1, 0.15) is 10.7 Å². The van der Waals surface area contributed by atoms with Crippen LogP contribution in [0.15, 0.2) is 41.1 Å². The largest absolute Gasteiger partial charge is 0.366 e. The fourth-order valence-electron chi connectivity index (χ4n) is 2.55. The van der Waals surface area contributed by atoms with Crippen LogP contribution < -0.4 is 4.90 Å². The number of ether oxygens (including phenoxy) is 1. The molecule has 1 saturated heterocycles. The van der Waals surface area contributed by atoms with Crippen molar-refractivity contribution in [2.45, 2.75) is 6.10 Å². The number of anilines is 1. The molecule has 8 heteroatoms. The first kappa shape index (κ1) is 14.8. The Hall–Kier alpha value is -1.77. The van der Waals surface area contributed by atoms with Gasteiger partial charge < -0.3 is 9.64 Å². The number of aromatic nitrogens is 3. The van der Waals surface area contributed by atoms with Crippen molar-refractivity contribution in [1.29, 1.82) is 0 Å². The highest BCUT2D eigenvalue weighted by Crippen LogP contribution is 2.27. The number of hydrogen-bond acceptors (Lipinski definition) is 6. The molecule has 3 heterocycles. The zero-order chi connectivity index (χ0) is 15.8. The summed E-state index contributed by atoms with van der Waals surface area (Å²) < 4.78 is 8.25. The first-order valence-corrected chi connectivity index (χ1v) is 8.79.